The summed E-state index contributed by atoms with van der Waals surface area (Å²) in [5.41, 5.74) is 2.31. The number of carbonyl (C=O) groups excluding carboxylic acids is 1. The minimum atomic E-state index is -0.198. The zero-order chi connectivity index (χ0) is 24.9. The Balaban J connectivity index is 1.62. The van der Waals surface area contributed by atoms with Crippen molar-refractivity contribution in [1.82, 2.24) is 0 Å². The largest absolute Gasteiger partial charge is 0.495 e. The molecule has 9 heteroatoms. The number of hydrogen-bond donors (Lipinski definition) is 0. The predicted octanol–water partition coefficient (Wildman–Crippen LogP) is 7.34. The lowest BCUT2D eigenvalue weighted by Crippen LogP contribution is -2.27. The second kappa shape index (κ2) is 11.6. The third-order valence-electron chi connectivity index (χ3n) is 5.08. The van der Waals surface area contributed by atoms with Gasteiger partial charge in [-0.15, -0.1) is 0 Å². The van der Waals surface area contributed by atoms with E-state index in [0.29, 0.717) is 50.4 Å². The topological polar surface area (TPSA) is 48.0 Å². The van der Waals surface area contributed by atoms with Gasteiger partial charge in [-0.25, -0.2) is 0 Å². The summed E-state index contributed by atoms with van der Waals surface area (Å²) in [6.45, 7) is 2.69. The van der Waals surface area contributed by atoms with Crippen molar-refractivity contribution in [3.63, 3.8) is 0 Å². The summed E-state index contributed by atoms with van der Waals surface area (Å²) in [6, 6.07) is 18.7. The molecule has 1 heterocycles. The second-order valence-corrected chi connectivity index (χ2v) is 10.6. The van der Waals surface area contributed by atoms with Crippen LogP contribution in [0, 0.1) is 3.57 Å². The molecule has 0 unspecified atom stereocenters. The molecule has 1 aliphatic rings. The van der Waals surface area contributed by atoms with Gasteiger partial charge in [0.05, 0.1) is 27.9 Å². The van der Waals surface area contributed by atoms with E-state index in [1.807, 2.05) is 67.6 Å². The van der Waals surface area contributed by atoms with E-state index in [0.717, 1.165) is 14.7 Å². The van der Waals surface area contributed by atoms with Crippen molar-refractivity contribution in [3.05, 3.63) is 85.3 Å². The lowest BCUT2D eigenvalue weighted by Gasteiger charge is -2.17. The number of benzene rings is 3. The molecule has 4 rings (SSSR count). The Labute approximate surface area is 232 Å². The van der Waals surface area contributed by atoms with E-state index in [4.69, 9.17) is 38.0 Å². The number of thiocarbonyl (C=S) groups is 1. The first-order valence-corrected chi connectivity index (χ1v) is 13.3. The van der Waals surface area contributed by atoms with Gasteiger partial charge in [0.1, 0.15) is 12.4 Å². The van der Waals surface area contributed by atoms with Gasteiger partial charge in [0.15, 0.2) is 15.8 Å². The van der Waals surface area contributed by atoms with Crippen molar-refractivity contribution in [1.29, 1.82) is 0 Å². The Morgan fingerprint density at radius 3 is 2.57 bits per heavy atom. The van der Waals surface area contributed by atoms with Crippen molar-refractivity contribution < 1.29 is 19.0 Å². The number of para-hydroxylation sites is 2. The molecule has 180 valence electrons. The summed E-state index contributed by atoms with van der Waals surface area (Å²) >= 11 is 15.3. The van der Waals surface area contributed by atoms with Gasteiger partial charge < -0.3 is 14.2 Å². The average molecular weight is 638 g/mol. The van der Waals surface area contributed by atoms with Crippen LogP contribution < -0.4 is 19.1 Å². The van der Waals surface area contributed by atoms with Crippen LogP contribution >= 0.6 is 58.2 Å². The van der Waals surface area contributed by atoms with Gasteiger partial charge >= 0.3 is 0 Å². The summed E-state index contributed by atoms with van der Waals surface area (Å²) in [4.78, 5) is 15.3. The molecular formula is C26H21ClINO4S2. The number of carbonyl (C=O) groups is 1. The highest BCUT2D eigenvalue weighted by Crippen LogP contribution is 2.41. The Morgan fingerprint density at radius 1 is 1.09 bits per heavy atom. The van der Waals surface area contributed by atoms with Crippen LogP contribution in [0.5, 0.6) is 17.2 Å². The van der Waals surface area contributed by atoms with Crippen LogP contribution in [0.25, 0.3) is 6.08 Å². The van der Waals surface area contributed by atoms with E-state index >= 15 is 0 Å². The number of methoxy groups -OCH3 is 1. The molecule has 0 N–H and O–H groups in total. The normalized spacial score (nSPS) is 14.5. The first kappa shape index (κ1) is 25.8. The van der Waals surface area contributed by atoms with Gasteiger partial charge in [-0.05, 0) is 71.5 Å². The molecular weight excluding hydrogens is 617 g/mol. The molecule has 1 fully saturated rings. The zero-order valence-electron chi connectivity index (χ0n) is 18.9. The Morgan fingerprint density at radius 2 is 1.83 bits per heavy atom. The Hall–Kier alpha value is -2.27. The van der Waals surface area contributed by atoms with Crippen LogP contribution in [0.1, 0.15) is 18.1 Å². The van der Waals surface area contributed by atoms with Crippen molar-refractivity contribution in [2.45, 2.75) is 13.5 Å². The number of nitrogens with zero attached hydrogens (tertiary/aromatic N) is 1. The molecule has 0 spiro atoms. The van der Waals surface area contributed by atoms with Gasteiger partial charge in [0.25, 0.3) is 5.91 Å². The summed E-state index contributed by atoms with van der Waals surface area (Å²) in [7, 11) is 1.57. The van der Waals surface area contributed by atoms with Gasteiger partial charge in [-0.3, -0.25) is 9.69 Å². The first-order chi connectivity index (χ1) is 16.9. The molecule has 5 nitrogen and oxygen atoms in total. The first-order valence-electron chi connectivity index (χ1n) is 10.7. The van der Waals surface area contributed by atoms with E-state index in [9.17, 15) is 4.79 Å². The molecule has 0 aliphatic carbocycles. The fourth-order valence-electron chi connectivity index (χ4n) is 3.48. The van der Waals surface area contributed by atoms with Crippen LogP contribution in [-0.4, -0.2) is 23.9 Å². The smallest absolute Gasteiger partial charge is 0.270 e. The molecule has 3 aromatic rings. The molecule has 1 amide bonds. The third-order valence-corrected chi connectivity index (χ3v) is 7.55. The van der Waals surface area contributed by atoms with Crippen molar-refractivity contribution in [2.24, 2.45) is 0 Å². The van der Waals surface area contributed by atoms with Gasteiger partial charge in [0.2, 0.25) is 0 Å². The van der Waals surface area contributed by atoms with Crippen LogP contribution in [-0.2, 0) is 11.4 Å². The van der Waals surface area contributed by atoms with Crippen LogP contribution in [0.4, 0.5) is 5.69 Å². The molecule has 3 aromatic carbocycles. The standard InChI is InChI=1S/C26H21ClINO4S2/c1-3-32-22-13-16(12-19(28)24(22)33-15-17-8-4-5-9-18(17)27)14-23-25(30)29(26(34)35-23)20-10-6-7-11-21(20)31-2/h4-14H,3,15H2,1-2H3/b23-14+. The van der Waals surface area contributed by atoms with Crippen molar-refractivity contribution >= 4 is 80.2 Å². The maximum atomic E-state index is 13.3. The third kappa shape index (κ3) is 5.77. The SMILES string of the molecule is CCOc1cc(/C=C2/SC(=S)N(c3ccccc3OC)C2=O)cc(I)c1OCc1ccccc1Cl. The van der Waals surface area contributed by atoms with Gasteiger partial charge in [-0.2, -0.15) is 0 Å². The number of hydrogen-bond acceptors (Lipinski definition) is 6. The minimum absolute atomic E-state index is 0.198. The molecule has 0 bridgehead atoms. The quantitative estimate of drug-likeness (QED) is 0.146. The van der Waals surface area contributed by atoms with Crippen LogP contribution in [0.15, 0.2) is 65.6 Å². The monoisotopic (exact) mass is 637 g/mol. The van der Waals surface area contributed by atoms with Crippen LogP contribution in [0.3, 0.4) is 0 Å². The number of amides is 1. The molecule has 0 atom stereocenters. The molecule has 1 saturated heterocycles. The predicted molar refractivity (Wildman–Crippen MR) is 155 cm³/mol. The van der Waals surface area contributed by atoms with E-state index < -0.39 is 0 Å². The molecule has 0 aromatic heterocycles. The molecule has 0 saturated carbocycles. The average Bonchev–Trinajstić information content (AvgIpc) is 3.12. The molecule has 0 radical (unpaired) electrons. The maximum absolute atomic E-state index is 13.3. The van der Waals surface area contributed by atoms with Gasteiger partial charge in [-0.1, -0.05) is 65.9 Å². The number of thioether (sulfide) groups is 1. The fourth-order valence-corrected chi connectivity index (χ4v) is 5.74. The van der Waals surface area contributed by atoms with Crippen molar-refractivity contribution in [3.8, 4) is 17.2 Å². The highest BCUT2D eigenvalue weighted by atomic mass is 127. The summed E-state index contributed by atoms with van der Waals surface area (Å²) in [6.07, 6.45) is 1.82. The van der Waals surface area contributed by atoms with Crippen LogP contribution in [0.2, 0.25) is 5.02 Å². The fraction of sp³-hybridized carbons (Fsp3) is 0.154. The van der Waals surface area contributed by atoms with E-state index in [1.54, 1.807) is 13.2 Å². The number of halogens is 2. The zero-order valence-corrected chi connectivity index (χ0v) is 23.5. The summed E-state index contributed by atoms with van der Waals surface area (Å²) < 4.78 is 18.7. The number of rotatable bonds is 8. The maximum Gasteiger partial charge on any atom is 0.270 e. The lowest BCUT2D eigenvalue weighted by atomic mass is 10.1. The van der Waals surface area contributed by atoms with E-state index in [-0.39, 0.29) is 5.91 Å². The molecule has 35 heavy (non-hydrogen) atoms. The number of anilines is 1. The summed E-state index contributed by atoms with van der Waals surface area (Å²) in [5.74, 6) is 1.61. The summed E-state index contributed by atoms with van der Waals surface area (Å²) in [5, 5.41) is 0.647. The van der Waals surface area contributed by atoms with E-state index in [1.165, 1.54) is 16.7 Å². The Kier molecular flexibility index (Phi) is 8.59. The number of ether oxygens (including phenoxy) is 3. The van der Waals surface area contributed by atoms with Crippen molar-refractivity contribution in [2.75, 3.05) is 18.6 Å². The second-order valence-electron chi connectivity index (χ2n) is 7.33. The Bertz CT molecular complexity index is 1310. The van der Waals surface area contributed by atoms with Gasteiger partial charge in [0, 0.05) is 10.6 Å². The minimum Gasteiger partial charge on any atom is -0.495 e. The highest BCUT2D eigenvalue weighted by molar-refractivity contribution is 14.1. The van der Waals surface area contributed by atoms with E-state index in [2.05, 4.69) is 22.6 Å². The molecule has 1 aliphatic heterocycles. The lowest BCUT2D eigenvalue weighted by molar-refractivity contribution is -0.113. The highest BCUT2D eigenvalue weighted by Gasteiger charge is 2.35.